The second-order valence-corrected chi connectivity index (χ2v) is 4.38. The molecule has 1 rings (SSSR count). The van der Waals surface area contributed by atoms with E-state index in [-0.39, 0.29) is 4.90 Å². The Morgan fingerprint density at radius 3 is 1.93 bits per heavy atom. The zero-order chi connectivity index (χ0) is 10.9. The van der Waals surface area contributed by atoms with E-state index in [0.29, 0.717) is 16.9 Å². The molecule has 0 spiro atoms. The molecule has 3 nitrogen and oxygen atoms in total. The van der Waals surface area contributed by atoms with Crippen molar-refractivity contribution in [3.05, 3.63) is 23.3 Å². The van der Waals surface area contributed by atoms with E-state index in [0.717, 1.165) is 0 Å². The predicted octanol–water partition coefficient (Wildman–Crippen LogP) is 1.97. The van der Waals surface area contributed by atoms with Crippen LogP contribution in [0.15, 0.2) is 17.0 Å². The fraction of sp³-hybridized carbons (Fsp3) is 0.333. The zero-order valence-corrected chi connectivity index (χ0v) is 8.98. The minimum atomic E-state index is -4.63. The molecule has 0 saturated carbocycles. The molecule has 0 atom stereocenters. The Bertz CT molecular complexity index is 428. The summed E-state index contributed by atoms with van der Waals surface area (Å²) in [6, 6.07) is 2.50. The van der Waals surface area contributed by atoms with Gasteiger partial charge in [-0.3, -0.25) is 0 Å². The normalized spacial score (nSPS) is 11.4. The Labute approximate surface area is 82.7 Å². The van der Waals surface area contributed by atoms with Crippen molar-refractivity contribution in [3.63, 3.8) is 0 Å². The van der Waals surface area contributed by atoms with Crippen molar-refractivity contribution in [3.8, 4) is 5.75 Å². The number of hydrogen-bond acceptors (Lipinski definition) is 3. The second-order valence-electron chi connectivity index (χ2n) is 3.03. The van der Waals surface area contributed by atoms with E-state index >= 15 is 0 Å². The minimum Gasteiger partial charge on any atom is -0.496 e. The lowest BCUT2D eigenvalue weighted by atomic mass is 10.1. The topological polar surface area (TPSA) is 43.4 Å². The summed E-state index contributed by atoms with van der Waals surface area (Å²) in [5.74, 6) is 0.581. The van der Waals surface area contributed by atoms with Gasteiger partial charge in [0.2, 0.25) is 0 Å². The van der Waals surface area contributed by atoms with Gasteiger partial charge in [-0.05, 0) is 37.1 Å². The number of ether oxygens (including phenoxy) is 1. The highest BCUT2D eigenvalue weighted by Gasteiger charge is 2.15. The maximum Gasteiger partial charge on any atom is 0.332 e. The van der Waals surface area contributed by atoms with Gasteiger partial charge in [-0.15, -0.1) is 3.89 Å². The summed E-state index contributed by atoms with van der Waals surface area (Å²) in [4.78, 5) is -0.326. The molecule has 0 radical (unpaired) electrons. The molecule has 14 heavy (non-hydrogen) atoms. The smallest absolute Gasteiger partial charge is 0.332 e. The van der Waals surface area contributed by atoms with Crippen LogP contribution in [0.4, 0.5) is 3.89 Å². The first kappa shape index (κ1) is 11.0. The first-order valence-electron chi connectivity index (χ1n) is 3.96. The summed E-state index contributed by atoms with van der Waals surface area (Å²) in [7, 11) is -3.14. The van der Waals surface area contributed by atoms with Crippen LogP contribution >= 0.6 is 0 Å². The Morgan fingerprint density at radius 1 is 1.21 bits per heavy atom. The van der Waals surface area contributed by atoms with Gasteiger partial charge in [-0.2, -0.15) is 8.42 Å². The van der Waals surface area contributed by atoms with Gasteiger partial charge in [0.1, 0.15) is 5.75 Å². The van der Waals surface area contributed by atoms with Gasteiger partial charge in [-0.1, -0.05) is 0 Å². The van der Waals surface area contributed by atoms with Crippen molar-refractivity contribution >= 4 is 10.2 Å². The Hall–Kier alpha value is -1.10. The quantitative estimate of drug-likeness (QED) is 0.713. The molecule has 0 unspecified atom stereocenters. The standard InChI is InChI=1S/C9H11FO3S/c1-6-4-8(14(10,11)12)5-7(2)9(6)13-3/h4-5H,1-3H3. The monoisotopic (exact) mass is 218 g/mol. The van der Waals surface area contributed by atoms with Crippen LogP contribution < -0.4 is 4.74 Å². The van der Waals surface area contributed by atoms with Crippen LogP contribution in [0.1, 0.15) is 11.1 Å². The second kappa shape index (κ2) is 3.57. The Kier molecular flexibility index (Phi) is 2.80. The fourth-order valence-electron chi connectivity index (χ4n) is 1.37. The van der Waals surface area contributed by atoms with Crippen LogP contribution in [0.2, 0.25) is 0 Å². The lowest BCUT2D eigenvalue weighted by Gasteiger charge is -2.08. The highest BCUT2D eigenvalue weighted by atomic mass is 32.3. The number of methoxy groups -OCH3 is 1. The van der Waals surface area contributed by atoms with Crippen molar-refractivity contribution in [2.45, 2.75) is 18.7 Å². The average Bonchev–Trinajstić information content (AvgIpc) is 2.01. The van der Waals surface area contributed by atoms with E-state index < -0.39 is 10.2 Å². The van der Waals surface area contributed by atoms with Crippen molar-refractivity contribution in [1.29, 1.82) is 0 Å². The number of aryl methyl sites for hydroxylation is 2. The molecule has 1 aromatic rings. The molecule has 0 aromatic heterocycles. The third-order valence-corrected chi connectivity index (χ3v) is 2.72. The van der Waals surface area contributed by atoms with E-state index in [1.54, 1.807) is 13.8 Å². The van der Waals surface area contributed by atoms with Gasteiger partial charge < -0.3 is 4.74 Å². The van der Waals surface area contributed by atoms with Crippen LogP contribution in [0, 0.1) is 13.8 Å². The van der Waals surface area contributed by atoms with Crippen LogP contribution in [-0.4, -0.2) is 15.5 Å². The summed E-state index contributed by atoms with van der Waals surface area (Å²) in [5.41, 5.74) is 1.20. The van der Waals surface area contributed by atoms with Crippen LogP contribution in [0.3, 0.4) is 0 Å². The van der Waals surface area contributed by atoms with E-state index in [1.807, 2.05) is 0 Å². The highest BCUT2D eigenvalue weighted by Crippen LogP contribution is 2.27. The van der Waals surface area contributed by atoms with E-state index in [1.165, 1.54) is 19.2 Å². The predicted molar refractivity (Wildman–Crippen MR) is 50.8 cm³/mol. The lowest BCUT2D eigenvalue weighted by Crippen LogP contribution is -1.97. The van der Waals surface area contributed by atoms with E-state index in [2.05, 4.69) is 0 Å². The maximum atomic E-state index is 12.6. The number of halogens is 1. The average molecular weight is 218 g/mol. The SMILES string of the molecule is COc1c(C)cc(S(=O)(=O)F)cc1C. The van der Waals surface area contributed by atoms with Gasteiger partial charge >= 0.3 is 10.2 Å². The van der Waals surface area contributed by atoms with E-state index in [9.17, 15) is 12.3 Å². The van der Waals surface area contributed by atoms with Crippen molar-refractivity contribution in [1.82, 2.24) is 0 Å². The molecule has 0 aliphatic rings. The molecule has 5 heteroatoms. The van der Waals surface area contributed by atoms with Crippen LogP contribution in [0.25, 0.3) is 0 Å². The molecule has 0 amide bonds. The van der Waals surface area contributed by atoms with Gasteiger partial charge in [0.15, 0.2) is 0 Å². The molecule has 0 heterocycles. The minimum absolute atomic E-state index is 0.326. The van der Waals surface area contributed by atoms with Gasteiger partial charge in [0, 0.05) is 0 Å². The Balaban J connectivity index is 3.43. The fourth-order valence-corrected chi connectivity index (χ4v) is 2.01. The lowest BCUT2D eigenvalue weighted by molar-refractivity contribution is 0.408. The van der Waals surface area contributed by atoms with Gasteiger partial charge in [-0.25, -0.2) is 0 Å². The highest BCUT2D eigenvalue weighted by molar-refractivity contribution is 7.86. The molecule has 0 bridgehead atoms. The third kappa shape index (κ3) is 2.04. The van der Waals surface area contributed by atoms with Crippen molar-refractivity contribution < 1.29 is 17.0 Å². The van der Waals surface area contributed by atoms with Gasteiger partial charge in [0.05, 0.1) is 12.0 Å². The summed E-state index contributed by atoms with van der Waals surface area (Å²) >= 11 is 0. The van der Waals surface area contributed by atoms with Crippen molar-refractivity contribution in [2.24, 2.45) is 0 Å². The Morgan fingerprint density at radius 2 is 1.64 bits per heavy atom. The molecular weight excluding hydrogens is 207 g/mol. The summed E-state index contributed by atoms with van der Waals surface area (Å²) in [6.07, 6.45) is 0. The third-order valence-electron chi connectivity index (χ3n) is 1.92. The largest absolute Gasteiger partial charge is 0.496 e. The molecule has 78 valence electrons. The maximum absolute atomic E-state index is 12.6. The summed E-state index contributed by atoms with van der Waals surface area (Å²) < 4.78 is 38.9. The number of hydrogen-bond donors (Lipinski definition) is 0. The summed E-state index contributed by atoms with van der Waals surface area (Å²) in [6.45, 7) is 3.33. The molecular formula is C9H11FO3S. The van der Waals surface area contributed by atoms with E-state index in [4.69, 9.17) is 4.74 Å². The first-order chi connectivity index (χ1) is 6.36. The zero-order valence-electron chi connectivity index (χ0n) is 8.17. The first-order valence-corrected chi connectivity index (χ1v) is 5.34. The van der Waals surface area contributed by atoms with Crippen LogP contribution in [0.5, 0.6) is 5.75 Å². The van der Waals surface area contributed by atoms with Crippen LogP contribution in [-0.2, 0) is 10.2 Å². The summed E-state index contributed by atoms with van der Waals surface area (Å²) in [5, 5.41) is 0. The molecule has 1 aromatic carbocycles. The number of rotatable bonds is 2. The molecule has 0 aliphatic heterocycles. The molecule has 0 aliphatic carbocycles. The molecule has 0 N–H and O–H groups in total. The van der Waals surface area contributed by atoms with Gasteiger partial charge in [0.25, 0.3) is 0 Å². The number of benzene rings is 1. The molecule has 0 fully saturated rings. The van der Waals surface area contributed by atoms with Crippen molar-refractivity contribution in [2.75, 3.05) is 7.11 Å². The molecule has 0 saturated heterocycles.